The van der Waals surface area contributed by atoms with Gasteiger partial charge in [-0.05, 0) is 0 Å². The first-order chi connectivity index (χ1) is 2.41. The third kappa shape index (κ3) is 4.46. The minimum atomic E-state index is 0.0278. The summed E-state index contributed by atoms with van der Waals surface area (Å²) in [5, 5.41) is 0. The third-order valence-corrected chi connectivity index (χ3v) is 1.30. The van der Waals surface area contributed by atoms with Gasteiger partial charge in [-0.1, -0.05) is 0 Å². The van der Waals surface area contributed by atoms with Crippen molar-refractivity contribution in [2.24, 2.45) is 0 Å². The predicted octanol–water partition coefficient (Wildman–Crippen LogP) is -1.04. The summed E-state index contributed by atoms with van der Waals surface area (Å²) >= 11 is 0.0278. The summed E-state index contributed by atoms with van der Waals surface area (Å²) in [5.74, 6) is 0. The summed E-state index contributed by atoms with van der Waals surface area (Å²) in [4.78, 5) is 0. The van der Waals surface area contributed by atoms with Gasteiger partial charge in [0.2, 0.25) is 0 Å². The Labute approximate surface area is 39.2 Å². The molecule has 0 aromatic rings. The van der Waals surface area contributed by atoms with Gasteiger partial charge in [0.1, 0.15) is 0 Å². The molecule has 0 bridgehead atoms. The Balaban J connectivity index is 2.19. The second kappa shape index (κ2) is 4.46. The molecule has 0 saturated heterocycles. The van der Waals surface area contributed by atoms with E-state index >= 15 is 0 Å². The van der Waals surface area contributed by atoms with Gasteiger partial charge in [-0.25, -0.2) is 0 Å². The average Bonchev–Trinajstić information content (AvgIpc) is 1.41. The Morgan fingerprint density at radius 2 is 1.60 bits per heavy atom. The van der Waals surface area contributed by atoms with E-state index in [9.17, 15) is 0 Å². The summed E-state index contributed by atoms with van der Waals surface area (Å²) in [6.07, 6.45) is 0. The van der Waals surface area contributed by atoms with E-state index in [1.807, 2.05) is 14.1 Å². The Kier molecular flexibility index (Phi) is 4.88. The van der Waals surface area contributed by atoms with E-state index in [0.29, 0.717) is 0 Å². The van der Waals surface area contributed by atoms with Gasteiger partial charge in [-0.3, -0.25) is 0 Å². The summed E-state index contributed by atoms with van der Waals surface area (Å²) in [7, 11) is 3.91. The maximum absolute atomic E-state index is 3.03. The van der Waals surface area contributed by atoms with Crippen molar-refractivity contribution < 1.29 is 0 Å². The molecule has 0 aromatic heterocycles. The van der Waals surface area contributed by atoms with Crippen molar-refractivity contribution >= 4 is 15.9 Å². The average molecular weight is 133 g/mol. The van der Waals surface area contributed by atoms with Crippen molar-refractivity contribution in [3.8, 4) is 0 Å². The van der Waals surface area contributed by atoms with E-state index in [1.54, 1.807) is 0 Å². The van der Waals surface area contributed by atoms with Gasteiger partial charge in [0.25, 0.3) is 0 Å². The predicted molar refractivity (Wildman–Crippen MR) is 23.9 cm³/mol. The first-order valence-electron chi connectivity index (χ1n) is 1.50. The van der Waals surface area contributed by atoms with Gasteiger partial charge in [0, 0.05) is 0 Å². The van der Waals surface area contributed by atoms with Crippen LogP contribution in [-0.4, -0.2) is 30.0 Å². The molecule has 0 fully saturated rings. The van der Waals surface area contributed by atoms with E-state index in [1.165, 1.54) is 0 Å². The van der Waals surface area contributed by atoms with Gasteiger partial charge in [-0.2, -0.15) is 0 Å². The van der Waals surface area contributed by atoms with Gasteiger partial charge in [0.05, 0.1) is 0 Å². The van der Waals surface area contributed by atoms with Crippen LogP contribution in [-0.2, 0) is 0 Å². The van der Waals surface area contributed by atoms with Crippen molar-refractivity contribution in [1.82, 2.24) is 8.55 Å². The van der Waals surface area contributed by atoms with E-state index in [4.69, 9.17) is 0 Å². The molecule has 30 valence electrons. The van der Waals surface area contributed by atoms with E-state index in [2.05, 4.69) is 8.55 Å². The number of nitrogens with one attached hydrogen (secondary N) is 2. The zero-order chi connectivity index (χ0) is 4.12. The van der Waals surface area contributed by atoms with Crippen LogP contribution in [0.25, 0.3) is 0 Å². The van der Waals surface area contributed by atoms with Gasteiger partial charge in [0.15, 0.2) is 0 Å². The normalized spacial score (nSPS) is 8.40. The Morgan fingerprint density at radius 3 is 1.60 bits per heavy atom. The zero-order valence-corrected chi connectivity index (χ0v) is 5.60. The number of rotatable bonds is 2. The standard InChI is InChI=1S/C2H8GeN2/c1-4-3-5-2/h4-5H,1-2H3. The third-order valence-electron chi connectivity index (χ3n) is 0.250. The van der Waals surface area contributed by atoms with Gasteiger partial charge >= 0.3 is 38.5 Å². The van der Waals surface area contributed by atoms with E-state index in [-0.39, 0.29) is 15.9 Å². The Bertz CT molecular complexity index is 15.1. The zero-order valence-electron chi connectivity index (χ0n) is 3.50. The molecule has 2 nitrogen and oxygen atoms in total. The van der Waals surface area contributed by atoms with Crippen LogP contribution in [0.3, 0.4) is 0 Å². The molecule has 0 rings (SSSR count). The molecule has 0 aliphatic heterocycles. The number of hydrogen-bond acceptors (Lipinski definition) is 2. The SMILES string of the molecule is C[NH][Ge][NH]C. The Morgan fingerprint density at radius 1 is 1.20 bits per heavy atom. The monoisotopic (exact) mass is 134 g/mol. The molecule has 0 spiro atoms. The van der Waals surface area contributed by atoms with Crippen molar-refractivity contribution in [2.45, 2.75) is 0 Å². The van der Waals surface area contributed by atoms with Crippen molar-refractivity contribution in [3.63, 3.8) is 0 Å². The molecular formula is C2H8GeN2. The van der Waals surface area contributed by atoms with Gasteiger partial charge in [-0.15, -0.1) is 0 Å². The molecule has 2 radical (unpaired) electrons. The summed E-state index contributed by atoms with van der Waals surface area (Å²) in [6.45, 7) is 0. The second-order valence-corrected chi connectivity index (χ2v) is 3.25. The fourth-order valence-electron chi connectivity index (χ4n) is 0.125. The molecule has 0 aliphatic rings. The molecule has 0 aromatic carbocycles. The van der Waals surface area contributed by atoms with Crippen LogP contribution in [0.5, 0.6) is 0 Å². The molecular weight excluding hydrogens is 125 g/mol. The Hall–Kier alpha value is 0.463. The van der Waals surface area contributed by atoms with E-state index < -0.39 is 0 Å². The topological polar surface area (TPSA) is 24.1 Å². The first kappa shape index (κ1) is 5.46. The second-order valence-electron chi connectivity index (χ2n) is 0.625. The van der Waals surface area contributed by atoms with Crippen molar-refractivity contribution in [2.75, 3.05) is 14.1 Å². The summed E-state index contributed by atoms with van der Waals surface area (Å²) < 4.78 is 6.06. The van der Waals surface area contributed by atoms with Crippen LogP contribution in [0.4, 0.5) is 0 Å². The van der Waals surface area contributed by atoms with Crippen molar-refractivity contribution in [1.29, 1.82) is 0 Å². The van der Waals surface area contributed by atoms with Crippen LogP contribution in [0.2, 0.25) is 0 Å². The number of hydrogen-bond donors (Lipinski definition) is 2. The molecule has 0 unspecified atom stereocenters. The molecule has 0 atom stereocenters. The van der Waals surface area contributed by atoms with Crippen LogP contribution in [0.1, 0.15) is 0 Å². The molecule has 0 amide bonds. The molecule has 0 saturated carbocycles. The molecule has 5 heavy (non-hydrogen) atoms. The fourth-order valence-corrected chi connectivity index (χ4v) is 0.650. The molecule has 0 heterocycles. The van der Waals surface area contributed by atoms with E-state index in [0.717, 1.165) is 0 Å². The maximum atomic E-state index is 3.03. The fraction of sp³-hybridized carbons (Fsp3) is 1.00. The summed E-state index contributed by atoms with van der Waals surface area (Å²) in [6, 6.07) is 0. The molecule has 0 aliphatic carbocycles. The summed E-state index contributed by atoms with van der Waals surface area (Å²) in [5.41, 5.74) is 0. The minimum absolute atomic E-state index is 0.0278. The quantitative estimate of drug-likeness (QED) is 0.470. The van der Waals surface area contributed by atoms with Gasteiger partial charge < -0.3 is 0 Å². The first-order valence-corrected chi connectivity index (χ1v) is 3.60. The molecule has 2 N–H and O–H groups in total. The molecule has 3 heteroatoms. The van der Waals surface area contributed by atoms with Crippen LogP contribution >= 0.6 is 0 Å². The van der Waals surface area contributed by atoms with Crippen LogP contribution in [0, 0.1) is 0 Å². The van der Waals surface area contributed by atoms with Crippen molar-refractivity contribution in [3.05, 3.63) is 0 Å². The van der Waals surface area contributed by atoms with Crippen LogP contribution < -0.4 is 8.55 Å². The van der Waals surface area contributed by atoms with Crippen LogP contribution in [0.15, 0.2) is 0 Å².